The first kappa shape index (κ1) is 12.1. The average molecular weight is 234 g/mol. The highest BCUT2D eigenvalue weighted by molar-refractivity contribution is 5.83. The van der Waals surface area contributed by atoms with Crippen LogP contribution >= 0.6 is 0 Å². The lowest BCUT2D eigenvalue weighted by Crippen LogP contribution is -2.53. The number of carbonyl (C=O) groups is 1. The van der Waals surface area contributed by atoms with Crippen LogP contribution in [0.25, 0.3) is 0 Å². The van der Waals surface area contributed by atoms with Crippen molar-refractivity contribution in [3.05, 3.63) is 35.9 Å². The van der Waals surface area contributed by atoms with Crippen LogP contribution in [0.3, 0.4) is 0 Å². The zero-order valence-electron chi connectivity index (χ0n) is 9.98. The number of benzene rings is 1. The zero-order chi connectivity index (χ0) is 12.3. The Kier molecular flexibility index (Phi) is 3.45. The largest absolute Gasteiger partial charge is 0.379 e. The van der Waals surface area contributed by atoms with E-state index in [4.69, 9.17) is 10.5 Å². The van der Waals surface area contributed by atoms with Gasteiger partial charge in [0.15, 0.2) is 0 Å². The predicted molar refractivity (Wildman–Crippen MR) is 65.3 cm³/mol. The molecule has 0 bridgehead atoms. The fraction of sp³-hybridized carbons (Fsp3) is 0.462. The number of nitrogens with two attached hydrogens (primary N) is 1. The molecule has 2 rings (SSSR count). The van der Waals surface area contributed by atoms with Crippen LogP contribution in [0.1, 0.15) is 18.5 Å². The number of carbonyl (C=O) groups excluding carboxylic acids is 1. The van der Waals surface area contributed by atoms with Crippen LogP contribution in [-0.4, -0.2) is 25.7 Å². The Morgan fingerprint density at radius 1 is 1.47 bits per heavy atom. The van der Waals surface area contributed by atoms with E-state index < -0.39 is 0 Å². The first-order valence-electron chi connectivity index (χ1n) is 5.79. The molecular formula is C13H18N2O2. The Balaban J connectivity index is 2.03. The smallest absolute Gasteiger partial charge is 0.231 e. The monoisotopic (exact) mass is 234 g/mol. The molecule has 0 aromatic heterocycles. The SMILES string of the molecule is CC1(C(=O)N[C@H](CN)c2ccccc2)COC1. The van der Waals surface area contributed by atoms with Gasteiger partial charge in [0.1, 0.15) is 0 Å². The molecule has 92 valence electrons. The van der Waals surface area contributed by atoms with Gasteiger partial charge in [0.05, 0.1) is 24.7 Å². The molecule has 1 saturated heterocycles. The fourth-order valence-corrected chi connectivity index (χ4v) is 1.84. The summed E-state index contributed by atoms with van der Waals surface area (Å²) in [5.74, 6) is 0.0167. The molecule has 0 saturated carbocycles. The lowest BCUT2D eigenvalue weighted by Gasteiger charge is -2.37. The highest BCUT2D eigenvalue weighted by atomic mass is 16.5. The summed E-state index contributed by atoms with van der Waals surface area (Å²) in [5, 5.41) is 2.98. The van der Waals surface area contributed by atoms with E-state index in [-0.39, 0.29) is 17.4 Å². The molecular weight excluding hydrogens is 216 g/mol. The number of hydrogen-bond acceptors (Lipinski definition) is 3. The van der Waals surface area contributed by atoms with Gasteiger partial charge in [-0.15, -0.1) is 0 Å². The van der Waals surface area contributed by atoms with Crippen LogP contribution in [-0.2, 0) is 9.53 Å². The number of amides is 1. The second-order valence-electron chi connectivity index (χ2n) is 4.73. The summed E-state index contributed by atoms with van der Waals surface area (Å²) in [6.45, 7) is 3.28. The fourth-order valence-electron chi connectivity index (χ4n) is 1.84. The number of ether oxygens (including phenoxy) is 1. The van der Waals surface area contributed by atoms with Crippen LogP contribution in [0.4, 0.5) is 0 Å². The average Bonchev–Trinajstić information content (AvgIpc) is 2.33. The Bertz CT molecular complexity index is 388. The number of nitrogens with one attached hydrogen (secondary N) is 1. The van der Waals surface area contributed by atoms with Gasteiger partial charge < -0.3 is 15.8 Å². The summed E-state index contributed by atoms with van der Waals surface area (Å²) in [6, 6.07) is 9.65. The van der Waals surface area contributed by atoms with Gasteiger partial charge in [-0.2, -0.15) is 0 Å². The van der Waals surface area contributed by atoms with E-state index >= 15 is 0 Å². The second-order valence-corrected chi connectivity index (χ2v) is 4.73. The molecule has 1 heterocycles. The summed E-state index contributed by atoms with van der Waals surface area (Å²) < 4.78 is 5.09. The van der Waals surface area contributed by atoms with E-state index in [1.807, 2.05) is 37.3 Å². The van der Waals surface area contributed by atoms with E-state index in [2.05, 4.69) is 5.32 Å². The maximum atomic E-state index is 12.0. The number of rotatable bonds is 4. The molecule has 17 heavy (non-hydrogen) atoms. The van der Waals surface area contributed by atoms with Crippen molar-refractivity contribution in [3.63, 3.8) is 0 Å². The molecule has 1 aliphatic rings. The topological polar surface area (TPSA) is 64.4 Å². The van der Waals surface area contributed by atoms with Crippen molar-refractivity contribution >= 4 is 5.91 Å². The molecule has 1 fully saturated rings. The Hall–Kier alpha value is -1.39. The lowest BCUT2D eigenvalue weighted by atomic mass is 9.87. The van der Waals surface area contributed by atoms with Crippen LogP contribution in [0.2, 0.25) is 0 Å². The third-order valence-electron chi connectivity index (χ3n) is 3.13. The number of hydrogen-bond donors (Lipinski definition) is 2. The van der Waals surface area contributed by atoms with Crippen LogP contribution in [0, 0.1) is 5.41 Å². The quantitative estimate of drug-likeness (QED) is 0.811. The summed E-state index contributed by atoms with van der Waals surface area (Å²) >= 11 is 0. The molecule has 1 atom stereocenters. The van der Waals surface area contributed by atoms with Crippen LogP contribution in [0.5, 0.6) is 0 Å². The van der Waals surface area contributed by atoms with E-state index in [0.717, 1.165) is 5.56 Å². The minimum absolute atomic E-state index is 0.0167. The third-order valence-corrected chi connectivity index (χ3v) is 3.13. The Morgan fingerprint density at radius 3 is 2.59 bits per heavy atom. The molecule has 1 amide bonds. The van der Waals surface area contributed by atoms with Crippen molar-refractivity contribution in [2.75, 3.05) is 19.8 Å². The summed E-state index contributed by atoms with van der Waals surface area (Å²) in [5.41, 5.74) is 6.36. The molecule has 0 radical (unpaired) electrons. The van der Waals surface area contributed by atoms with E-state index in [9.17, 15) is 4.79 Å². The van der Waals surface area contributed by atoms with Crippen molar-refractivity contribution in [3.8, 4) is 0 Å². The standard InChI is InChI=1S/C13H18N2O2/c1-13(8-17-9-13)12(16)15-11(7-14)10-5-3-2-4-6-10/h2-6,11H,7-9,14H2,1H3,(H,15,16)/t11-/m1/s1. The first-order chi connectivity index (χ1) is 8.15. The zero-order valence-corrected chi connectivity index (χ0v) is 9.98. The highest BCUT2D eigenvalue weighted by Gasteiger charge is 2.41. The molecule has 0 aliphatic carbocycles. The van der Waals surface area contributed by atoms with Crippen molar-refractivity contribution in [2.45, 2.75) is 13.0 Å². The third kappa shape index (κ3) is 2.48. The maximum absolute atomic E-state index is 12.0. The van der Waals surface area contributed by atoms with E-state index in [1.54, 1.807) is 0 Å². The van der Waals surface area contributed by atoms with Gasteiger partial charge in [0, 0.05) is 6.54 Å². The Morgan fingerprint density at radius 2 is 2.12 bits per heavy atom. The second kappa shape index (κ2) is 4.85. The molecule has 1 aromatic rings. The molecule has 4 heteroatoms. The molecule has 4 nitrogen and oxygen atoms in total. The Labute approximate surface area is 101 Å². The van der Waals surface area contributed by atoms with Gasteiger partial charge >= 0.3 is 0 Å². The van der Waals surface area contributed by atoms with Gasteiger partial charge in [-0.3, -0.25) is 4.79 Å². The first-order valence-corrected chi connectivity index (χ1v) is 5.79. The van der Waals surface area contributed by atoms with Gasteiger partial charge in [-0.1, -0.05) is 30.3 Å². The molecule has 3 N–H and O–H groups in total. The predicted octanol–water partition coefficient (Wildman–Crippen LogP) is 0.839. The van der Waals surface area contributed by atoms with E-state index in [1.165, 1.54) is 0 Å². The van der Waals surface area contributed by atoms with Crippen molar-refractivity contribution < 1.29 is 9.53 Å². The normalized spacial score (nSPS) is 19.2. The van der Waals surface area contributed by atoms with Crippen LogP contribution < -0.4 is 11.1 Å². The molecule has 1 aliphatic heterocycles. The highest BCUT2D eigenvalue weighted by Crippen LogP contribution is 2.27. The summed E-state index contributed by atoms with van der Waals surface area (Å²) in [6.07, 6.45) is 0. The molecule has 0 spiro atoms. The lowest BCUT2D eigenvalue weighted by molar-refractivity contribution is -0.158. The molecule has 0 unspecified atom stereocenters. The van der Waals surface area contributed by atoms with E-state index in [0.29, 0.717) is 19.8 Å². The summed E-state index contributed by atoms with van der Waals surface area (Å²) in [7, 11) is 0. The van der Waals surface area contributed by atoms with Crippen LogP contribution in [0.15, 0.2) is 30.3 Å². The van der Waals surface area contributed by atoms with Crippen molar-refractivity contribution in [1.82, 2.24) is 5.32 Å². The molecule has 1 aromatic carbocycles. The van der Waals surface area contributed by atoms with Gasteiger partial charge in [0.25, 0.3) is 0 Å². The van der Waals surface area contributed by atoms with Gasteiger partial charge in [0.2, 0.25) is 5.91 Å². The van der Waals surface area contributed by atoms with Gasteiger partial charge in [-0.25, -0.2) is 0 Å². The minimum atomic E-state index is -0.387. The maximum Gasteiger partial charge on any atom is 0.231 e. The minimum Gasteiger partial charge on any atom is -0.379 e. The van der Waals surface area contributed by atoms with Crippen molar-refractivity contribution in [1.29, 1.82) is 0 Å². The van der Waals surface area contributed by atoms with Gasteiger partial charge in [-0.05, 0) is 12.5 Å². The summed E-state index contributed by atoms with van der Waals surface area (Å²) in [4.78, 5) is 12.0. The van der Waals surface area contributed by atoms with Crippen molar-refractivity contribution in [2.24, 2.45) is 11.1 Å².